The summed E-state index contributed by atoms with van der Waals surface area (Å²) in [6.07, 6.45) is 3.59. The second-order valence-electron chi connectivity index (χ2n) is 6.30. The van der Waals surface area contributed by atoms with Gasteiger partial charge in [0.15, 0.2) is 0 Å². The van der Waals surface area contributed by atoms with E-state index in [1.165, 1.54) is 0 Å². The Bertz CT molecular complexity index is 902. The summed E-state index contributed by atoms with van der Waals surface area (Å²) in [5.74, 6) is 0.977. The van der Waals surface area contributed by atoms with Gasteiger partial charge in [0.25, 0.3) is 5.91 Å². The van der Waals surface area contributed by atoms with Crippen LogP contribution >= 0.6 is 0 Å². The zero-order chi connectivity index (χ0) is 17.2. The van der Waals surface area contributed by atoms with Crippen molar-refractivity contribution in [3.05, 3.63) is 66.1 Å². The highest BCUT2D eigenvalue weighted by Crippen LogP contribution is 2.22. The lowest BCUT2D eigenvalue weighted by Crippen LogP contribution is -2.49. The van der Waals surface area contributed by atoms with Crippen molar-refractivity contribution in [2.24, 2.45) is 0 Å². The zero-order valence-corrected chi connectivity index (χ0v) is 14.2. The molecule has 2 aromatic heterocycles. The third-order valence-corrected chi connectivity index (χ3v) is 4.74. The lowest BCUT2D eigenvalue weighted by atomic mass is 10.1. The molecule has 0 spiro atoms. The second-order valence-corrected chi connectivity index (χ2v) is 6.30. The first-order chi connectivity index (χ1) is 12.2. The molecule has 25 heavy (non-hydrogen) atoms. The highest BCUT2D eigenvalue weighted by atomic mass is 16.2. The fourth-order valence-corrected chi connectivity index (χ4v) is 3.33. The normalized spacial score (nSPS) is 14.8. The Balaban J connectivity index is 1.54. The number of carbonyl (C=O) groups excluding carboxylic acids is 1. The minimum atomic E-state index is 0.0110. The van der Waals surface area contributed by atoms with Crippen LogP contribution < -0.4 is 4.90 Å². The molecule has 0 bridgehead atoms. The third kappa shape index (κ3) is 2.93. The standard InChI is InChI=1S/C20H20N4O/c1-15-14-22-19(17-7-3-2-6-16(15)17)20(25)24-12-10-23(11-13-24)18-8-4-5-9-21-18/h2-9,14H,10-13H2,1H3. The number of piperazine rings is 1. The van der Waals surface area contributed by atoms with Crippen LogP contribution in [0.5, 0.6) is 0 Å². The van der Waals surface area contributed by atoms with Crippen molar-refractivity contribution < 1.29 is 4.79 Å². The van der Waals surface area contributed by atoms with Crippen molar-refractivity contribution in [2.75, 3.05) is 31.1 Å². The molecule has 5 nitrogen and oxygen atoms in total. The summed E-state index contributed by atoms with van der Waals surface area (Å²) >= 11 is 0. The first kappa shape index (κ1) is 15.6. The van der Waals surface area contributed by atoms with Gasteiger partial charge in [0.05, 0.1) is 0 Å². The van der Waals surface area contributed by atoms with Crippen LogP contribution in [0.1, 0.15) is 16.1 Å². The number of fused-ring (bicyclic) bond motifs is 1. The lowest BCUT2D eigenvalue weighted by molar-refractivity contribution is 0.0743. The van der Waals surface area contributed by atoms with Crippen molar-refractivity contribution in [1.29, 1.82) is 0 Å². The molecule has 1 aromatic carbocycles. The Kier molecular flexibility index (Phi) is 4.06. The average Bonchev–Trinajstić information content (AvgIpc) is 2.69. The van der Waals surface area contributed by atoms with E-state index >= 15 is 0 Å². The van der Waals surface area contributed by atoms with Gasteiger partial charge in [0, 0.05) is 44.0 Å². The summed E-state index contributed by atoms with van der Waals surface area (Å²) in [4.78, 5) is 25.9. The van der Waals surface area contributed by atoms with E-state index in [4.69, 9.17) is 0 Å². The molecule has 1 aliphatic heterocycles. The Morgan fingerprint density at radius 2 is 1.64 bits per heavy atom. The number of pyridine rings is 2. The maximum absolute atomic E-state index is 13.0. The van der Waals surface area contributed by atoms with E-state index in [-0.39, 0.29) is 5.91 Å². The molecule has 3 heterocycles. The molecule has 126 valence electrons. The number of amides is 1. The Labute approximate surface area is 146 Å². The van der Waals surface area contributed by atoms with Crippen LogP contribution in [-0.4, -0.2) is 47.0 Å². The molecular formula is C20H20N4O. The quantitative estimate of drug-likeness (QED) is 0.724. The topological polar surface area (TPSA) is 49.3 Å². The summed E-state index contributed by atoms with van der Waals surface area (Å²) < 4.78 is 0. The number of nitrogens with zero attached hydrogens (tertiary/aromatic N) is 4. The molecule has 0 aliphatic carbocycles. The van der Waals surface area contributed by atoms with Gasteiger partial charge in [-0.05, 0) is 30.0 Å². The molecule has 0 saturated carbocycles. The maximum atomic E-state index is 13.0. The van der Waals surface area contributed by atoms with Gasteiger partial charge < -0.3 is 9.80 Å². The maximum Gasteiger partial charge on any atom is 0.273 e. The minimum absolute atomic E-state index is 0.0110. The van der Waals surface area contributed by atoms with E-state index in [9.17, 15) is 4.79 Å². The van der Waals surface area contributed by atoms with Crippen LogP contribution in [0.4, 0.5) is 5.82 Å². The van der Waals surface area contributed by atoms with E-state index < -0.39 is 0 Å². The Morgan fingerprint density at radius 1 is 0.920 bits per heavy atom. The van der Waals surface area contributed by atoms with Gasteiger partial charge in [-0.3, -0.25) is 9.78 Å². The molecule has 5 heteroatoms. The molecular weight excluding hydrogens is 312 g/mol. The third-order valence-electron chi connectivity index (χ3n) is 4.74. The molecule has 0 N–H and O–H groups in total. The summed E-state index contributed by atoms with van der Waals surface area (Å²) in [7, 11) is 0. The molecule has 0 radical (unpaired) electrons. The first-order valence-corrected chi connectivity index (χ1v) is 8.53. The molecule has 1 fully saturated rings. The zero-order valence-electron chi connectivity index (χ0n) is 14.2. The van der Waals surface area contributed by atoms with Crippen LogP contribution in [0.25, 0.3) is 10.8 Å². The van der Waals surface area contributed by atoms with E-state index in [1.54, 1.807) is 12.4 Å². The van der Waals surface area contributed by atoms with Gasteiger partial charge in [-0.15, -0.1) is 0 Å². The molecule has 3 aromatic rings. The second kappa shape index (κ2) is 6.51. The highest BCUT2D eigenvalue weighted by Gasteiger charge is 2.25. The molecule has 1 amide bonds. The van der Waals surface area contributed by atoms with Gasteiger partial charge >= 0.3 is 0 Å². The molecule has 1 aliphatic rings. The largest absolute Gasteiger partial charge is 0.353 e. The van der Waals surface area contributed by atoms with E-state index in [2.05, 4.69) is 14.9 Å². The summed E-state index contributed by atoms with van der Waals surface area (Å²) in [5.41, 5.74) is 1.64. The van der Waals surface area contributed by atoms with Crippen molar-refractivity contribution in [2.45, 2.75) is 6.92 Å². The fourth-order valence-electron chi connectivity index (χ4n) is 3.33. The molecule has 0 unspecified atom stereocenters. The van der Waals surface area contributed by atoms with Gasteiger partial charge in [0.2, 0.25) is 0 Å². The highest BCUT2D eigenvalue weighted by molar-refractivity contribution is 6.06. The van der Waals surface area contributed by atoms with Crippen molar-refractivity contribution in [3.63, 3.8) is 0 Å². The number of benzene rings is 1. The minimum Gasteiger partial charge on any atom is -0.353 e. The number of aromatic nitrogens is 2. The van der Waals surface area contributed by atoms with Crippen LogP contribution in [0.2, 0.25) is 0 Å². The number of hydrogen-bond donors (Lipinski definition) is 0. The summed E-state index contributed by atoms with van der Waals surface area (Å²) in [6.45, 7) is 4.95. The molecule has 1 saturated heterocycles. The number of hydrogen-bond acceptors (Lipinski definition) is 4. The predicted octanol–water partition coefficient (Wildman–Crippen LogP) is 2.90. The summed E-state index contributed by atoms with van der Waals surface area (Å²) in [5, 5.41) is 2.02. The van der Waals surface area contributed by atoms with Gasteiger partial charge in [-0.25, -0.2) is 4.98 Å². The number of anilines is 1. The van der Waals surface area contributed by atoms with Gasteiger partial charge in [-0.1, -0.05) is 30.3 Å². The number of aryl methyl sites for hydroxylation is 1. The Morgan fingerprint density at radius 3 is 2.36 bits per heavy atom. The summed E-state index contributed by atoms with van der Waals surface area (Å²) in [6, 6.07) is 13.9. The fraction of sp³-hybridized carbons (Fsp3) is 0.250. The van der Waals surface area contributed by atoms with Crippen molar-refractivity contribution in [3.8, 4) is 0 Å². The van der Waals surface area contributed by atoms with E-state index in [0.29, 0.717) is 18.8 Å². The van der Waals surface area contributed by atoms with Crippen LogP contribution in [0.3, 0.4) is 0 Å². The molecule has 0 atom stereocenters. The number of carbonyl (C=O) groups is 1. The van der Waals surface area contributed by atoms with E-state index in [1.807, 2.05) is 54.3 Å². The number of rotatable bonds is 2. The average molecular weight is 332 g/mol. The van der Waals surface area contributed by atoms with Crippen LogP contribution in [-0.2, 0) is 0 Å². The molecule has 4 rings (SSSR count). The van der Waals surface area contributed by atoms with Crippen molar-refractivity contribution >= 4 is 22.5 Å². The smallest absolute Gasteiger partial charge is 0.273 e. The monoisotopic (exact) mass is 332 g/mol. The van der Waals surface area contributed by atoms with Crippen LogP contribution in [0.15, 0.2) is 54.9 Å². The SMILES string of the molecule is Cc1cnc(C(=O)N2CCN(c3ccccn3)CC2)c2ccccc12. The Hall–Kier alpha value is -2.95. The van der Waals surface area contributed by atoms with Gasteiger partial charge in [0.1, 0.15) is 11.5 Å². The van der Waals surface area contributed by atoms with E-state index in [0.717, 1.165) is 35.2 Å². The first-order valence-electron chi connectivity index (χ1n) is 8.53. The van der Waals surface area contributed by atoms with Crippen molar-refractivity contribution in [1.82, 2.24) is 14.9 Å². The predicted molar refractivity (Wildman–Crippen MR) is 98.8 cm³/mol. The van der Waals surface area contributed by atoms with Gasteiger partial charge in [-0.2, -0.15) is 0 Å². The van der Waals surface area contributed by atoms with Crippen LogP contribution in [0, 0.1) is 6.92 Å². The lowest BCUT2D eigenvalue weighted by Gasteiger charge is -2.35.